The van der Waals surface area contributed by atoms with Gasteiger partial charge in [-0.1, -0.05) is 6.07 Å². The maximum atomic E-state index is 14.5. The Balaban J connectivity index is 1.82. The number of carbonyl (C=O) groups excluding carboxylic acids is 1. The molecule has 4 rings (SSSR count). The molecule has 30 heavy (non-hydrogen) atoms. The molecule has 0 saturated carbocycles. The fourth-order valence-corrected chi connectivity index (χ4v) is 3.93. The minimum Gasteiger partial charge on any atom is -0.486 e. The quantitative estimate of drug-likeness (QED) is 0.587. The number of thiocarbonyl (C=S) groups is 1. The molecule has 0 fully saturated rings. The first-order chi connectivity index (χ1) is 14.4. The number of anilines is 1. The molecule has 0 saturated heterocycles. The summed E-state index contributed by atoms with van der Waals surface area (Å²) in [5, 5.41) is 3.22. The van der Waals surface area contributed by atoms with Crippen molar-refractivity contribution < 1.29 is 27.8 Å². The minimum absolute atomic E-state index is 0.0836. The molecule has 156 valence electrons. The predicted octanol–water partition coefficient (Wildman–Crippen LogP) is 3.62. The van der Waals surface area contributed by atoms with Crippen molar-refractivity contribution in [3.05, 3.63) is 64.9 Å². The normalized spacial score (nSPS) is 18.2. The summed E-state index contributed by atoms with van der Waals surface area (Å²) in [6, 6.07) is 7.51. The number of benzene rings is 2. The molecule has 0 bridgehead atoms. The third-order valence-electron chi connectivity index (χ3n) is 4.95. The smallest absolute Gasteiger partial charge is 0.337 e. The first-order valence-corrected chi connectivity index (χ1v) is 9.56. The van der Waals surface area contributed by atoms with Crippen LogP contribution in [0.5, 0.6) is 11.5 Å². The predicted molar refractivity (Wildman–Crippen MR) is 109 cm³/mol. The number of ether oxygens (including phenoxy) is 3. The summed E-state index contributed by atoms with van der Waals surface area (Å²) in [6.07, 6.45) is 0. The van der Waals surface area contributed by atoms with Crippen LogP contribution in [-0.4, -0.2) is 31.4 Å². The van der Waals surface area contributed by atoms with E-state index in [1.54, 1.807) is 30.0 Å². The Hall–Kier alpha value is -3.20. The monoisotopic (exact) mass is 432 g/mol. The highest BCUT2D eigenvalue weighted by molar-refractivity contribution is 7.80. The van der Waals surface area contributed by atoms with Crippen molar-refractivity contribution in [3.63, 3.8) is 0 Å². The topological polar surface area (TPSA) is 60.0 Å². The number of hydrogen-bond acceptors (Lipinski definition) is 5. The zero-order chi connectivity index (χ0) is 21.4. The van der Waals surface area contributed by atoms with Crippen LogP contribution >= 0.6 is 12.2 Å². The van der Waals surface area contributed by atoms with Gasteiger partial charge < -0.3 is 19.5 Å². The number of allylic oxidation sites excluding steroid dienone is 1. The lowest BCUT2D eigenvalue weighted by molar-refractivity contribution is -0.136. The second kappa shape index (κ2) is 7.91. The minimum atomic E-state index is -0.931. The summed E-state index contributed by atoms with van der Waals surface area (Å²) in [4.78, 5) is 14.3. The second-order valence-electron chi connectivity index (χ2n) is 6.70. The van der Waals surface area contributed by atoms with Gasteiger partial charge in [0.1, 0.15) is 24.8 Å². The van der Waals surface area contributed by atoms with Gasteiger partial charge >= 0.3 is 5.97 Å². The summed E-state index contributed by atoms with van der Waals surface area (Å²) in [6.45, 7) is 2.57. The number of carbonyl (C=O) groups is 1. The first kappa shape index (κ1) is 20.1. The van der Waals surface area contributed by atoms with Gasteiger partial charge in [-0.3, -0.25) is 4.90 Å². The van der Waals surface area contributed by atoms with Crippen LogP contribution in [0, 0.1) is 11.6 Å². The summed E-state index contributed by atoms with van der Waals surface area (Å²) in [5.74, 6) is -0.994. The van der Waals surface area contributed by atoms with E-state index in [0.29, 0.717) is 36.1 Å². The second-order valence-corrected chi connectivity index (χ2v) is 7.09. The summed E-state index contributed by atoms with van der Waals surface area (Å²) < 4.78 is 44.0. The Morgan fingerprint density at radius 1 is 1.17 bits per heavy atom. The Morgan fingerprint density at radius 3 is 2.60 bits per heavy atom. The van der Waals surface area contributed by atoms with E-state index >= 15 is 0 Å². The molecule has 2 heterocycles. The van der Waals surface area contributed by atoms with Crippen LogP contribution < -0.4 is 19.7 Å². The number of esters is 1. The van der Waals surface area contributed by atoms with Gasteiger partial charge in [-0.15, -0.1) is 0 Å². The number of hydrogen-bond donors (Lipinski definition) is 1. The zero-order valence-corrected chi connectivity index (χ0v) is 17.0. The zero-order valence-electron chi connectivity index (χ0n) is 16.2. The Labute approximate surface area is 177 Å². The van der Waals surface area contributed by atoms with Crippen molar-refractivity contribution in [1.29, 1.82) is 0 Å². The molecule has 0 aromatic heterocycles. The van der Waals surface area contributed by atoms with Crippen LogP contribution in [0.4, 0.5) is 14.5 Å². The lowest BCUT2D eigenvalue weighted by Gasteiger charge is -2.37. The average molecular weight is 432 g/mol. The van der Waals surface area contributed by atoms with Gasteiger partial charge in [-0.05, 0) is 37.3 Å². The molecule has 0 aliphatic carbocycles. The van der Waals surface area contributed by atoms with Gasteiger partial charge in [0.05, 0.1) is 24.4 Å². The van der Waals surface area contributed by atoms with Crippen LogP contribution in [0.3, 0.4) is 0 Å². The largest absolute Gasteiger partial charge is 0.486 e. The van der Waals surface area contributed by atoms with Crippen LogP contribution in [0.25, 0.3) is 0 Å². The van der Waals surface area contributed by atoms with Crippen molar-refractivity contribution in [3.8, 4) is 11.5 Å². The number of fused-ring (bicyclic) bond motifs is 1. The van der Waals surface area contributed by atoms with E-state index in [2.05, 4.69) is 5.32 Å². The summed E-state index contributed by atoms with van der Waals surface area (Å²) >= 11 is 5.52. The van der Waals surface area contributed by atoms with Crippen molar-refractivity contribution in [2.24, 2.45) is 0 Å². The van der Waals surface area contributed by atoms with E-state index in [-0.39, 0.29) is 16.2 Å². The molecule has 2 aliphatic heterocycles. The first-order valence-electron chi connectivity index (χ1n) is 9.15. The highest BCUT2D eigenvalue weighted by Crippen LogP contribution is 2.39. The molecule has 0 unspecified atom stereocenters. The van der Waals surface area contributed by atoms with Gasteiger partial charge in [0.2, 0.25) is 0 Å². The number of halogens is 2. The van der Waals surface area contributed by atoms with E-state index in [9.17, 15) is 13.6 Å². The fraction of sp³-hybridized carbons (Fsp3) is 0.238. The molecule has 1 atom stereocenters. The van der Waals surface area contributed by atoms with Gasteiger partial charge in [0.15, 0.2) is 16.6 Å². The number of methoxy groups -OCH3 is 1. The lowest BCUT2D eigenvalue weighted by Crippen LogP contribution is -2.48. The van der Waals surface area contributed by atoms with Gasteiger partial charge in [0, 0.05) is 23.4 Å². The summed E-state index contributed by atoms with van der Waals surface area (Å²) in [7, 11) is 1.24. The Bertz CT molecular complexity index is 1070. The van der Waals surface area contributed by atoms with E-state index < -0.39 is 23.6 Å². The summed E-state index contributed by atoms with van der Waals surface area (Å²) in [5.41, 5.74) is 1.33. The van der Waals surface area contributed by atoms with Crippen molar-refractivity contribution in [2.45, 2.75) is 13.0 Å². The fourth-order valence-electron chi connectivity index (χ4n) is 3.57. The molecule has 6 nitrogen and oxygen atoms in total. The highest BCUT2D eigenvalue weighted by atomic mass is 32.1. The number of nitrogens with one attached hydrogen (secondary N) is 1. The van der Waals surface area contributed by atoms with Gasteiger partial charge in [-0.25, -0.2) is 13.6 Å². The third kappa shape index (κ3) is 3.45. The van der Waals surface area contributed by atoms with Crippen LogP contribution in [-0.2, 0) is 9.53 Å². The molecule has 9 heteroatoms. The van der Waals surface area contributed by atoms with Crippen molar-refractivity contribution in [2.75, 3.05) is 25.2 Å². The van der Waals surface area contributed by atoms with Crippen LogP contribution in [0.2, 0.25) is 0 Å². The Morgan fingerprint density at radius 2 is 1.90 bits per heavy atom. The molecule has 2 aromatic carbocycles. The van der Waals surface area contributed by atoms with Crippen molar-refractivity contribution in [1.82, 2.24) is 5.32 Å². The van der Waals surface area contributed by atoms with Gasteiger partial charge in [-0.2, -0.15) is 0 Å². The maximum Gasteiger partial charge on any atom is 0.337 e. The average Bonchev–Trinajstić information content (AvgIpc) is 2.73. The molecule has 2 aromatic rings. The van der Waals surface area contributed by atoms with E-state index in [1.807, 2.05) is 0 Å². The van der Waals surface area contributed by atoms with Crippen LogP contribution in [0.15, 0.2) is 47.7 Å². The van der Waals surface area contributed by atoms with Crippen LogP contribution in [0.1, 0.15) is 18.5 Å². The SMILES string of the molecule is COC(=O)C1=C(C)N(c2ccc3c(c2)OCCO3)C(=S)N[C@@H]1c1ccc(F)cc1F. The highest BCUT2D eigenvalue weighted by Gasteiger charge is 2.36. The van der Waals surface area contributed by atoms with E-state index in [4.69, 9.17) is 26.4 Å². The maximum absolute atomic E-state index is 14.5. The molecule has 0 amide bonds. The molecular weight excluding hydrogens is 414 g/mol. The molecule has 2 aliphatic rings. The number of rotatable bonds is 3. The lowest BCUT2D eigenvalue weighted by atomic mass is 9.94. The Kier molecular flexibility index (Phi) is 5.29. The molecule has 1 N–H and O–H groups in total. The molecular formula is C21H18F2N2O4S. The van der Waals surface area contributed by atoms with Gasteiger partial charge in [0.25, 0.3) is 0 Å². The standard InChI is InChI=1S/C21H18F2N2O4S/c1-11-18(20(26)27-2)19(14-5-3-12(22)9-15(14)23)24-21(30)25(11)13-4-6-16-17(10-13)29-8-7-28-16/h3-6,9-10,19H,7-8H2,1-2H3,(H,24,30)/t19-/m1/s1. The molecule has 0 spiro atoms. The number of nitrogens with zero attached hydrogens (tertiary/aromatic N) is 1. The molecule has 0 radical (unpaired) electrons. The van der Waals surface area contributed by atoms with E-state index in [1.165, 1.54) is 13.2 Å². The van der Waals surface area contributed by atoms with Crippen molar-refractivity contribution >= 4 is 29.0 Å². The van der Waals surface area contributed by atoms with E-state index in [0.717, 1.165) is 12.1 Å². The third-order valence-corrected chi connectivity index (χ3v) is 5.25.